The van der Waals surface area contributed by atoms with Crippen molar-refractivity contribution in [2.24, 2.45) is 0 Å². The molecule has 0 aromatic heterocycles. The average Bonchev–Trinajstić information content (AvgIpc) is 2.49. The van der Waals surface area contributed by atoms with E-state index in [2.05, 4.69) is 21.2 Å². The molecule has 2 amide bonds. The Bertz CT molecular complexity index is 715. The molecule has 0 bridgehead atoms. The molecular weight excluding hydrogens is 368 g/mol. The first-order valence-electron chi connectivity index (χ1n) is 6.46. The van der Waals surface area contributed by atoms with Crippen molar-refractivity contribution in [2.75, 3.05) is 19.4 Å². The van der Waals surface area contributed by atoms with Crippen LogP contribution < -0.4 is 5.32 Å². The first-order valence-corrected chi connectivity index (χ1v) is 7.63. The molecule has 0 fully saturated rings. The zero-order valence-corrected chi connectivity index (χ0v) is 14.4. The second-order valence-corrected chi connectivity index (χ2v) is 6.18. The van der Waals surface area contributed by atoms with E-state index in [-0.39, 0.29) is 11.8 Å². The van der Waals surface area contributed by atoms with Crippen molar-refractivity contribution in [3.8, 4) is 0 Å². The van der Waals surface area contributed by atoms with Crippen molar-refractivity contribution >= 4 is 45.0 Å². The third kappa shape index (κ3) is 3.87. The van der Waals surface area contributed by atoms with Gasteiger partial charge in [-0.25, -0.2) is 0 Å². The van der Waals surface area contributed by atoms with Crippen LogP contribution in [0, 0.1) is 0 Å². The van der Waals surface area contributed by atoms with Gasteiger partial charge in [0.05, 0.1) is 10.6 Å². The Kier molecular flexibility index (Phi) is 5.21. The predicted molar refractivity (Wildman–Crippen MR) is 91.6 cm³/mol. The summed E-state index contributed by atoms with van der Waals surface area (Å²) in [6.07, 6.45) is 0. The van der Waals surface area contributed by atoms with Crippen molar-refractivity contribution in [1.29, 1.82) is 0 Å². The molecule has 22 heavy (non-hydrogen) atoms. The van der Waals surface area contributed by atoms with Crippen molar-refractivity contribution in [3.63, 3.8) is 0 Å². The number of nitrogens with zero attached hydrogens (tertiary/aromatic N) is 1. The highest BCUT2D eigenvalue weighted by Gasteiger charge is 2.14. The van der Waals surface area contributed by atoms with Gasteiger partial charge in [0.2, 0.25) is 0 Å². The summed E-state index contributed by atoms with van der Waals surface area (Å²) in [5.74, 6) is -0.470. The largest absolute Gasteiger partial charge is 0.345 e. The monoisotopic (exact) mass is 380 g/mol. The van der Waals surface area contributed by atoms with Crippen LogP contribution in [-0.2, 0) is 0 Å². The molecule has 0 saturated heterocycles. The molecule has 0 spiro atoms. The summed E-state index contributed by atoms with van der Waals surface area (Å²) >= 11 is 9.36. The molecule has 0 aliphatic rings. The van der Waals surface area contributed by atoms with Gasteiger partial charge in [0, 0.05) is 29.8 Å². The Morgan fingerprint density at radius 3 is 2.32 bits per heavy atom. The van der Waals surface area contributed by atoms with Crippen LogP contribution in [0.1, 0.15) is 20.7 Å². The van der Waals surface area contributed by atoms with E-state index in [0.29, 0.717) is 21.8 Å². The van der Waals surface area contributed by atoms with Crippen molar-refractivity contribution in [3.05, 3.63) is 63.1 Å². The molecule has 0 aliphatic carbocycles. The van der Waals surface area contributed by atoms with Crippen LogP contribution in [-0.4, -0.2) is 30.8 Å². The molecule has 1 N–H and O–H groups in total. The van der Waals surface area contributed by atoms with Crippen LogP contribution in [0.2, 0.25) is 5.02 Å². The van der Waals surface area contributed by atoms with Crippen LogP contribution in [0.25, 0.3) is 0 Å². The van der Waals surface area contributed by atoms with Crippen LogP contribution in [0.15, 0.2) is 46.9 Å². The van der Waals surface area contributed by atoms with E-state index in [4.69, 9.17) is 11.6 Å². The summed E-state index contributed by atoms with van der Waals surface area (Å²) in [5.41, 5.74) is 1.39. The van der Waals surface area contributed by atoms with Crippen molar-refractivity contribution in [2.45, 2.75) is 0 Å². The minimum absolute atomic E-state index is 0.218. The fourth-order valence-corrected chi connectivity index (χ4v) is 2.28. The van der Waals surface area contributed by atoms with E-state index < -0.39 is 0 Å². The van der Waals surface area contributed by atoms with E-state index in [1.807, 2.05) is 0 Å². The number of amides is 2. The second-order valence-electron chi connectivity index (χ2n) is 4.86. The number of carbonyl (C=O) groups is 2. The summed E-state index contributed by atoms with van der Waals surface area (Å²) in [6.45, 7) is 0. The van der Waals surface area contributed by atoms with Gasteiger partial charge in [-0.3, -0.25) is 9.59 Å². The lowest BCUT2D eigenvalue weighted by Crippen LogP contribution is -2.22. The molecule has 0 radical (unpaired) electrons. The maximum absolute atomic E-state index is 12.2. The smallest absolute Gasteiger partial charge is 0.255 e. The normalized spacial score (nSPS) is 10.2. The summed E-state index contributed by atoms with van der Waals surface area (Å²) < 4.78 is 0.898. The SMILES string of the molecule is CN(C)C(=O)c1cc(NC(=O)c2ccc(Br)cc2)ccc1Cl. The molecule has 2 aromatic carbocycles. The highest BCUT2D eigenvalue weighted by Crippen LogP contribution is 2.22. The molecule has 4 nitrogen and oxygen atoms in total. The highest BCUT2D eigenvalue weighted by atomic mass is 79.9. The first-order chi connectivity index (χ1) is 10.4. The van der Waals surface area contributed by atoms with E-state index in [1.165, 1.54) is 4.90 Å². The zero-order valence-electron chi connectivity index (χ0n) is 12.1. The number of hydrogen-bond donors (Lipinski definition) is 1. The van der Waals surface area contributed by atoms with E-state index in [1.54, 1.807) is 56.6 Å². The lowest BCUT2D eigenvalue weighted by molar-refractivity contribution is 0.0827. The average molecular weight is 382 g/mol. The van der Waals surface area contributed by atoms with Gasteiger partial charge < -0.3 is 10.2 Å². The number of benzene rings is 2. The van der Waals surface area contributed by atoms with Gasteiger partial charge in [-0.15, -0.1) is 0 Å². The van der Waals surface area contributed by atoms with Crippen LogP contribution in [0.4, 0.5) is 5.69 Å². The molecular formula is C16H14BrClN2O2. The van der Waals surface area contributed by atoms with Gasteiger partial charge in [0.15, 0.2) is 0 Å². The third-order valence-electron chi connectivity index (χ3n) is 2.97. The number of carbonyl (C=O) groups excluding carboxylic acids is 2. The quantitative estimate of drug-likeness (QED) is 0.872. The predicted octanol–water partition coefficient (Wildman–Crippen LogP) is 4.06. The fourth-order valence-electron chi connectivity index (χ4n) is 1.81. The summed E-state index contributed by atoms with van der Waals surface area (Å²) in [4.78, 5) is 25.6. The first kappa shape index (κ1) is 16.5. The number of nitrogens with one attached hydrogen (secondary N) is 1. The molecule has 114 valence electrons. The van der Waals surface area contributed by atoms with Gasteiger partial charge >= 0.3 is 0 Å². The minimum Gasteiger partial charge on any atom is -0.345 e. The summed E-state index contributed by atoms with van der Waals surface area (Å²) in [6, 6.07) is 11.8. The summed E-state index contributed by atoms with van der Waals surface area (Å²) in [5, 5.41) is 3.10. The second kappa shape index (κ2) is 6.94. The van der Waals surface area contributed by atoms with Gasteiger partial charge in [-0.1, -0.05) is 27.5 Å². The maximum Gasteiger partial charge on any atom is 0.255 e. The lowest BCUT2D eigenvalue weighted by Gasteiger charge is -2.13. The van der Waals surface area contributed by atoms with E-state index in [0.717, 1.165) is 4.47 Å². The van der Waals surface area contributed by atoms with E-state index >= 15 is 0 Å². The lowest BCUT2D eigenvalue weighted by atomic mass is 10.1. The third-order valence-corrected chi connectivity index (χ3v) is 3.83. The standard InChI is InChI=1S/C16H14BrClN2O2/c1-20(2)16(22)13-9-12(7-8-14(13)18)19-15(21)10-3-5-11(17)6-4-10/h3-9H,1-2H3,(H,19,21). The molecule has 0 atom stereocenters. The van der Waals surface area contributed by atoms with Crippen LogP contribution >= 0.6 is 27.5 Å². The fraction of sp³-hybridized carbons (Fsp3) is 0.125. The molecule has 6 heteroatoms. The Morgan fingerprint density at radius 1 is 1.09 bits per heavy atom. The Labute approximate surface area is 142 Å². The van der Waals surface area contributed by atoms with Gasteiger partial charge in [0.1, 0.15) is 0 Å². The number of halogens is 2. The molecule has 2 aromatic rings. The van der Waals surface area contributed by atoms with E-state index in [9.17, 15) is 9.59 Å². The minimum atomic E-state index is -0.252. The molecule has 0 unspecified atom stereocenters. The Morgan fingerprint density at radius 2 is 1.73 bits per heavy atom. The summed E-state index contributed by atoms with van der Waals surface area (Å²) in [7, 11) is 3.29. The molecule has 2 rings (SSSR count). The zero-order chi connectivity index (χ0) is 16.3. The Hall–Kier alpha value is -1.85. The molecule has 0 heterocycles. The van der Waals surface area contributed by atoms with Crippen molar-refractivity contribution in [1.82, 2.24) is 4.90 Å². The number of hydrogen-bond acceptors (Lipinski definition) is 2. The maximum atomic E-state index is 12.2. The van der Waals surface area contributed by atoms with Gasteiger partial charge in [-0.05, 0) is 42.5 Å². The van der Waals surface area contributed by atoms with Crippen LogP contribution in [0.3, 0.4) is 0 Å². The topological polar surface area (TPSA) is 49.4 Å². The number of rotatable bonds is 3. The molecule has 0 saturated carbocycles. The Balaban J connectivity index is 2.23. The van der Waals surface area contributed by atoms with Crippen LogP contribution in [0.5, 0.6) is 0 Å². The number of anilines is 1. The molecule has 0 aliphatic heterocycles. The highest BCUT2D eigenvalue weighted by molar-refractivity contribution is 9.10. The van der Waals surface area contributed by atoms with Gasteiger partial charge in [-0.2, -0.15) is 0 Å². The van der Waals surface area contributed by atoms with Crippen molar-refractivity contribution < 1.29 is 9.59 Å². The van der Waals surface area contributed by atoms with Gasteiger partial charge in [0.25, 0.3) is 11.8 Å².